The summed E-state index contributed by atoms with van der Waals surface area (Å²) in [5.41, 5.74) is 0. The molecule has 0 radical (unpaired) electrons. The van der Waals surface area contributed by atoms with Crippen LogP contribution in [0.25, 0.3) is 0 Å². The van der Waals surface area contributed by atoms with Crippen LogP contribution < -0.4 is 4.74 Å². The molecular formula is C9H10O3S. The molecule has 0 saturated carbocycles. The Balaban J connectivity index is 2.90. The third-order valence-corrected chi connectivity index (χ3v) is 2.42. The van der Waals surface area contributed by atoms with Crippen molar-refractivity contribution in [2.24, 2.45) is 0 Å². The van der Waals surface area contributed by atoms with Gasteiger partial charge in [0.2, 0.25) is 0 Å². The number of benzene rings is 1. The summed E-state index contributed by atoms with van der Waals surface area (Å²) in [5.74, 6) is 0.510. The molecule has 1 aromatic rings. The zero-order valence-electron chi connectivity index (χ0n) is 7.23. The van der Waals surface area contributed by atoms with Crippen LogP contribution in [-0.2, 0) is 15.6 Å². The van der Waals surface area contributed by atoms with Gasteiger partial charge in [-0.1, -0.05) is 12.1 Å². The fourth-order valence-corrected chi connectivity index (χ4v) is 1.61. The largest absolute Gasteiger partial charge is 0.485 e. The minimum absolute atomic E-state index is 0.00574. The first-order chi connectivity index (χ1) is 6.25. The molecule has 1 unspecified atom stereocenters. The summed E-state index contributed by atoms with van der Waals surface area (Å²) in [6, 6.07) is 6.97. The maximum Gasteiger partial charge on any atom is 0.157 e. The van der Waals surface area contributed by atoms with Crippen molar-refractivity contribution < 1.29 is 13.7 Å². The molecular weight excluding hydrogens is 188 g/mol. The number of ether oxygens (including phenoxy) is 1. The molecule has 3 nitrogen and oxygen atoms in total. The second-order valence-electron chi connectivity index (χ2n) is 2.38. The Morgan fingerprint density at radius 3 is 2.77 bits per heavy atom. The van der Waals surface area contributed by atoms with Gasteiger partial charge in [-0.2, -0.15) is 0 Å². The van der Waals surface area contributed by atoms with E-state index >= 15 is 0 Å². The zero-order chi connectivity index (χ0) is 9.68. The Morgan fingerprint density at radius 1 is 1.46 bits per heavy atom. The molecule has 0 aliphatic carbocycles. The predicted octanol–water partition coefficient (Wildman–Crippen LogP) is 1.00. The van der Waals surface area contributed by atoms with Crippen LogP contribution in [0.3, 0.4) is 0 Å². The Hall–Kier alpha value is -1.16. The molecule has 0 saturated heterocycles. The van der Waals surface area contributed by atoms with Gasteiger partial charge in [-0.15, -0.1) is 0 Å². The summed E-state index contributed by atoms with van der Waals surface area (Å²) in [6.07, 6.45) is 2.23. The van der Waals surface area contributed by atoms with E-state index in [4.69, 9.17) is 4.74 Å². The van der Waals surface area contributed by atoms with Crippen LogP contribution in [0.5, 0.6) is 5.75 Å². The highest BCUT2D eigenvalue weighted by molar-refractivity contribution is 7.84. The third-order valence-electron chi connectivity index (χ3n) is 1.47. The number of aldehydes is 1. The van der Waals surface area contributed by atoms with Crippen molar-refractivity contribution in [3.63, 3.8) is 0 Å². The summed E-state index contributed by atoms with van der Waals surface area (Å²) in [6.45, 7) is -0.00574. The van der Waals surface area contributed by atoms with Gasteiger partial charge in [0, 0.05) is 6.26 Å². The molecule has 0 N–H and O–H groups in total. The molecule has 0 spiro atoms. The third kappa shape index (κ3) is 2.66. The summed E-state index contributed by atoms with van der Waals surface area (Å²) >= 11 is 0. The Bertz CT molecular complexity index is 322. The molecule has 70 valence electrons. The molecule has 0 aromatic heterocycles. The van der Waals surface area contributed by atoms with Crippen molar-refractivity contribution in [1.29, 1.82) is 0 Å². The molecule has 0 fully saturated rings. The first-order valence-corrected chi connectivity index (χ1v) is 5.30. The molecule has 1 aromatic carbocycles. The summed E-state index contributed by atoms with van der Waals surface area (Å²) < 4.78 is 16.3. The average Bonchev–Trinajstić information content (AvgIpc) is 2.15. The van der Waals surface area contributed by atoms with Gasteiger partial charge < -0.3 is 4.74 Å². The van der Waals surface area contributed by atoms with Crippen molar-refractivity contribution in [2.75, 3.05) is 12.9 Å². The van der Waals surface area contributed by atoms with Crippen LogP contribution in [0, 0.1) is 0 Å². The summed E-state index contributed by atoms with van der Waals surface area (Å²) in [5, 5.41) is 0. The number of carbonyl (C=O) groups is 1. The van der Waals surface area contributed by atoms with Crippen molar-refractivity contribution in [3.8, 4) is 5.75 Å². The number of para-hydroxylation sites is 1. The normalized spacial score (nSPS) is 12.1. The van der Waals surface area contributed by atoms with Crippen LogP contribution in [0.1, 0.15) is 0 Å². The second-order valence-corrected chi connectivity index (χ2v) is 3.73. The fraction of sp³-hybridized carbons (Fsp3) is 0.222. The number of rotatable bonds is 4. The number of carbonyl (C=O) groups excluding carboxylic acids is 1. The molecule has 1 atom stereocenters. The lowest BCUT2D eigenvalue weighted by atomic mass is 10.3. The smallest absolute Gasteiger partial charge is 0.157 e. The van der Waals surface area contributed by atoms with E-state index < -0.39 is 10.8 Å². The molecule has 0 heterocycles. The maximum atomic E-state index is 11.2. The van der Waals surface area contributed by atoms with E-state index in [2.05, 4.69) is 0 Å². The first-order valence-electron chi connectivity index (χ1n) is 3.74. The monoisotopic (exact) mass is 198 g/mol. The topological polar surface area (TPSA) is 43.4 Å². The van der Waals surface area contributed by atoms with Crippen molar-refractivity contribution >= 4 is 17.1 Å². The van der Waals surface area contributed by atoms with E-state index in [1.54, 1.807) is 30.5 Å². The van der Waals surface area contributed by atoms with E-state index in [0.29, 0.717) is 16.9 Å². The highest BCUT2D eigenvalue weighted by atomic mass is 32.2. The Labute approximate surface area is 79.2 Å². The molecule has 0 aliphatic heterocycles. The molecule has 0 aliphatic rings. The number of hydrogen-bond donors (Lipinski definition) is 0. The maximum absolute atomic E-state index is 11.2. The van der Waals surface area contributed by atoms with Crippen molar-refractivity contribution in [2.45, 2.75) is 4.90 Å². The highest BCUT2D eigenvalue weighted by Crippen LogP contribution is 2.20. The minimum Gasteiger partial charge on any atom is -0.485 e. The van der Waals surface area contributed by atoms with Gasteiger partial charge in [0.25, 0.3) is 0 Å². The van der Waals surface area contributed by atoms with E-state index in [1.807, 2.05) is 0 Å². The van der Waals surface area contributed by atoms with Gasteiger partial charge in [-0.05, 0) is 12.1 Å². The molecule has 4 heteroatoms. The van der Waals surface area contributed by atoms with E-state index in [1.165, 1.54) is 0 Å². The van der Waals surface area contributed by atoms with E-state index in [0.717, 1.165) is 0 Å². The standard InChI is InChI=1S/C9H10O3S/c1-13(11)9-5-3-2-4-8(9)12-7-6-10/h2-6H,7H2,1H3. The van der Waals surface area contributed by atoms with Gasteiger partial charge in [-0.25, -0.2) is 0 Å². The van der Waals surface area contributed by atoms with Crippen molar-refractivity contribution in [3.05, 3.63) is 24.3 Å². The molecule has 0 bridgehead atoms. The Morgan fingerprint density at radius 2 is 2.15 bits per heavy atom. The van der Waals surface area contributed by atoms with Gasteiger partial charge in [-0.3, -0.25) is 9.00 Å². The molecule has 0 amide bonds. The van der Waals surface area contributed by atoms with Crippen LogP contribution in [0.4, 0.5) is 0 Å². The SMILES string of the molecule is CS(=O)c1ccccc1OCC=O. The lowest BCUT2D eigenvalue weighted by Crippen LogP contribution is -2.01. The zero-order valence-corrected chi connectivity index (χ0v) is 8.04. The minimum atomic E-state index is -1.08. The van der Waals surface area contributed by atoms with Crippen LogP contribution >= 0.6 is 0 Å². The van der Waals surface area contributed by atoms with Gasteiger partial charge in [0.1, 0.15) is 12.4 Å². The summed E-state index contributed by atoms with van der Waals surface area (Å²) in [7, 11) is -1.08. The summed E-state index contributed by atoms with van der Waals surface area (Å²) in [4.78, 5) is 10.7. The fourth-order valence-electron chi connectivity index (χ4n) is 0.931. The molecule has 1 rings (SSSR count). The lowest BCUT2D eigenvalue weighted by Gasteiger charge is -2.05. The molecule has 13 heavy (non-hydrogen) atoms. The van der Waals surface area contributed by atoms with E-state index in [-0.39, 0.29) is 6.61 Å². The van der Waals surface area contributed by atoms with Crippen LogP contribution in [0.15, 0.2) is 29.2 Å². The second kappa shape index (κ2) is 4.77. The first kappa shape index (κ1) is 9.92. The van der Waals surface area contributed by atoms with E-state index in [9.17, 15) is 9.00 Å². The Kier molecular flexibility index (Phi) is 3.64. The predicted molar refractivity (Wildman–Crippen MR) is 50.3 cm³/mol. The van der Waals surface area contributed by atoms with Crippen LogP contribution in [-0.4, -0.2) is 23.4 Å². The van der Waals surface area contributed by atoms with Gasteiger partial charge in [0.05, 0.1) is 15.7 Å². The lowest BCUT2D eigenvalue weighted by molar-refractivity contribution is -0.109. The van der Waals surface area contributed by atoms with Crippen molar-refractivity contribution in [1.82, 2.24) is 0 Å². The van der Waals surface area contributed by atoms with Crippen LogP contribution in [0.2, 0.25) is 0 Å². The van der Waals surface area contributed by atoms with Gasteiger partial charge >= 0.3 is 0 Å². The quantitative estimate of drug-likeness (QED) is 0.678. The average molecular weight is 198 g/mol. The van der Waals surface area contributed by atoms with Gasteiger partial charge in [0.15, 0.2) is 6.29 Å². The number of hydrogen-bond acceptors (Lipinski definition) is 3. The highest BCUT2D eigenvalue weighted by Gasteiger charge is 2.04.